The Hall–Kier alpha value is -1.42. The molecule has 0 fully saturated rings. The highest BCUT2D eigenvalue weighted by atomic mass is 35.5. The van der Waals surface area contributed by atoms with Crippen molar-refractivity contribution in [1.82, 2.24) is 4.90 Å². The van der Waals surface area contributed by atoms with E-state index in [0.29, 0.717) is 23.7 Å². The lowest BCUT2D eigenvalue weighted by atomic mass is 10.1. The molecular weight excluding hydrogens is 287 g/mol. The summed E-state index contributed by atoms with van der Waals surface area (Å²) < 4.78 is 13.9. The number of nitrogens with zero attached hydrogens (tertiary/aromatic N) is 1. The van der Waals surface area contributed by atoms with E-state index < -0.39 is 0 Å². The van der Waals surface area contributed by atoms with Gasteiger partial charge < -0.3 is 5.73 Å². The Morgan fingerprint density at radius 1 is 1.24 bits per heavy atom. The maximum absolute atomic E-state index is 13.9. The van der Waals surface area contributed by atoms with E-state index in [1.807, 2.05) is 44.3 Å². The van der Waals surface area contributed by atoms with Crippen LogP contribution in [-0.4, -0.2) is 11.9 Å². The van der Waals surface area contributed by atoms with E-state index in [1.165, 1.54) is 6.07 Å². The van der Waals surface area contributed by atoms with Crippen molar-refractivity contribution < 1.29 is 4.39 Å². The van der Waals surface area contributed by atoms with Gasteiger partial charge in [0.2, 0.25) is 0 Å². The first kappa shape index (κ1) is 16.0. The van der Waals surface area contributed by atoms with Crippen LogP contribution in [0.15, 0.2) is 42.5 Å². The van der Waals surface area contributed by atoms with E-state index in [1.54, 1.807) is 6.07 Å². The maximum Gasteiger partial charge on any atom is 0.127 e. The molecule has 112 valence electrons. The van der Waals surface area contributed by atoms with Gasteiger partial charge in [0.25, 0.3) is 0 Å². The first-order chi connectivity index (χ1) is 10.0. The second-order valence-corrected chi connectivity index (χ2v) is 5.65. The van der Waals surface area contributed by atoms with Crippen molar-refractivity contribution in [3.63, 3.8) is 0 Å². The second kappa shape index (κ2) is 7.03. The van der Waals surface area contributed by atoms with Gasteiger partial charge in [0.05, 0.1) is 0 Å². The minimum Gasteiger partial charge on any atom is -0.326 e. The predicted octanol–water partition coefficient (Wildman–Crippen LogP) is 4.13. The van der Waals surface area contributed by atoms with Crippen LogP contribution in [0.5, 0.6) is 0 Å². The number of rotatable bonds is 5. The van der Waals surface area contributed by atoms with Gasteiger partial charge in [-0.1, -0.05) is 41.9 Å². The van der Waals surface area contributed by atoms with E-state index in [0.717, 1.165) is 11.1 Å². The number of benzene rings is 2. The van der Waals surface area contributed by atoms with Crippen molar-refractivity contribution in [2.24, 2.45) is 5.73 Å². The third-order valence-corrected chi connectivity index (χ3v) is 4.14. The van der Waals surface area contributed by atoms with Crippen LogP contribution in [0.25, 0.3) is 0 Å². The van der Waals surface area contributed by atoms with Gasteiger partial charge in [0.1, 0.15) is 5.82 Å². The van der Waals surface area contributed by atoms with Crippen LogP contribution < -0.4 is 5.73 Å². The molecule has 0 aliphatic carbocycles. The lowest BCUT2D eigenvalue weighted by Crippen LogP contribution is -2.23. The van der Waals surface area contributed by atoms with Crippen molar-refractivity contribution in [3.8, 4) is 0 Å². The normalized spacial score (nSPS) is 12.7. The molecule has 21 heavy (non-hydrogen) atoms. The van der Waals surface area contributed by atoms with Crippen molar-refractivity contribution >= 4 is 11.6 Å². The van der Waals surface area contributed by atoms with E-state index in [-0.39, 0.29) is 11.9 Å². The van der Waals surface area contributed by atoms with Crippen LogP contribution in [-0.2, 0) is 13.1 Å². The van der Waals surface area contributed by atoms with Gasteiger partial charge in [0.15, 0.2) is 0 Å². The van der Waals surface area contributed by atoms with Crippen LogP contribution in [0, 0.1) is 5.82 Å². The SMILES string of the molecule is CC(c1ccccc1F)N(C)Cc1ccc(CN)cc1Cl. The van der Waals surface area contributed by atoms with Crippen molar-refractivity contribution in [2.45, 2.75) is 26.1 Å². The average Bonchev–Trinajstić information content (AvgIpc) is 2.49. The molecule has 2 aromatic carbocycles. The largest absolute Gasteiger partial charge is 0.326 e. The summed E-state index contributed by atoms with van der Waals surface area (Å²) in [6.07, 6.45) is 0. The number of halogens is 2. The highest BCUT2D eigenvalue weighted by Gasteiger charge is 2.16. The molecule has 2 N–H and O–H groups in total. The topological polar surface area (TPSA) is 29.3 Å². The summed E-state index contributed by atoms with van der Waals surface area (Å²) in [7, 11) is 1.96. The molecule has 0 aliphatic heterocycles. The Labute approximate surface area is 130 Å². The van der Waals surface area contributed by atoms with Gasteiger partial charge in [-0.25, -0.2) is 4.39 Å². The van der Waals surface area contributed by atoms with Gasteiger partial charge in [-0.15, -0.1) is 0 Å². The highest BCUT2D eigenvalue weighted by molar-refractivity contribution is 6.31. The Morgan fingerprint density at radius 3 is 2.57 bits per heavy atom. The molecule has 0 amide bonds. The van der Waals surface area contributed by atoms with Crippen molar-refractivity contribution in [1.29, 1.82) is 0 Å². The molecule has 0 spiro atoms. The zero-order chi connectivity index (χ0) is 15.4. The lowest BCUT2D eigenvalue weighted by molar-refractivity contribution is 0.248. The number of hydrogen-bond donors (Lipinski definition) is 1. The Kier molecular flexibility index (Phi) is 5.34. The minimum absolute atomic E-state index is 0.0311. The first-order valence-electron chi connectivity index (χ1n) is 6.95. The molecule has 4 heteroatoms. The molecule has 2 rings (SSSR count). The predicted molar refractivity (Wildman–Crippen MR) is 85.6 cm³/mol. The van der Waals surface area contributed by atoms with Crippen molar-refractivity contribution in [2.75, 3.05) is 7.05 Å². The van der Waals surface area contributed by atoms with Crippen LogP contribution in [0.3, 0.4) is 0 Å². The van der Waals surface area contributed by atoms with E-state index >= 15 is 0 Å². The zero-order valence-corrected chi connectivity index (χ0v) is 13.1. The monoisotopic (exact) mass is 306 g/mol. The molecule has 0 radical (unpaired) electrons. The first-order valence-corrected chi connectivity index (χ1v) is 7.32. The molecule has 1 unspecified atom stereocenters. The standard InChI is InChI=1S/C17H20ClFN2/c1-12(15-5-3-4-6-17(15)19)21(2)11-14-8-7-13(10-20)9-16(14)18/h3-9,12H,10-11,20H2,1-2H3. The van der Waals surface area contributed by atoms with Gasteiger partial charge in [-0.2, -0.15) is 0 Å². The summed E-state index contributed by atoms with van der Waals surface area (Å²) in [6.45, 7) is 3.11. The van der Waals surface area contributed by atoms with E-state index in [9.17, 15) is 4.39 Å². The smallest absolute Gasteiger partial charge is 0.127 e. The molecule has 0 aromatic heterocycles. The molecule has 0 bridgehead atoms. The summed E-state index contributed by atoms with van der Waals surface area (Å²) in [4.78, 5) is 2.07. The Balaban J connectivity index is 2.14. The molecule has 0 heterocycles. The van der Waals surface area contributed by atoms with E-state index in [2.05, 4.69) is 4.90 Å². The van der Waals surface area contributed by atoms with Gasteiger partial charge in [-0.05, 0) is 37.2 Å². The van der Waals surface area contributed by atoms with Crippen LogP contribution in [0.4, 0.5) is 4.39 Å². The molecule has 2 aromatic rings. The summed E-state index contributed by atoms with van der Waals surface area (Å²) >= 11 is 6.28. The highest BCUT2D eigenvalue weighted by Crippen LogP contribution is 2.25. The summed E-state index contributed by atoms with van der Waals surface area (Å²) in [6, 6.07) is 12.7. The summed E-state index contributed by atoms with van der Waals surface area (Å²) in [5.74, 6) is -0.179. The molecule has 1 atom stereocenters. The van der Waals surface area contributed by atoms with E-state index in [4.69, 9.17) is 17.3 Å². The molecule has 0 saturated carbocycles. The minimum atomic E-state index is -0.179. The molecule has 2 nitrogen and oxygen atoms in total. The lowest BCUT2D eigenvalue weighted by Gasteiger charge is -2.26. The maximum atomic E-state index is 13.9. The van der Waals surface area contributed by atoms with Crippen molar-refractivity contribution in [3.05, 3.63) is 70.0 Å². The van der Waals surface area contributed by atoms with Crippen LogP contribution in [0.1, 0.15) is 29.7 Å². The Bertz CT molecular complexity index is 615. The third kappa shape index (κ3) is 3.82. The third-order valence-electron chi connectivity index (χ3n) is 3.79. The quantitative estimate of drug-likeness (QED) is 0.900. The van der Waals surface area contributed by atoms with Crippen LogP contribution in [0.2, 0.25) is 5.02 Å². The average molecular weight is 307 g/mol. The van der Waals surface area contributed by atoms with Gasteiger partial charge >= 0.3 is 0 Å². The fourth-order valence-corrected chi connectivity index (χ4v) is 2.57. The fraction of sp³-hybridized carbons (Fsp3) is 0.294. The zero-order valence-electron chi connectivity index (χ0n) is 12.3. The van der Waals surface area contributed by atoms with Gasteiger partial charge in [-0.3, -0.25) is 4.90 Å². The summed E-state index contributed by atoms with van der Waals surface area (Å²) in [5.41, 5.74) is 8.31. The fourth-order valence-electron chi connectivity index (χ4n) is 2.30. The number of hydrogen-bond acceptors (Lipinski definition) is 2. The Morgan fingerprint density at radius 2 is 1.95 bits per heavy atom. The molecule has 0 saturated heterocycles. The second-order valence-electron chi connectivity index (χ2n) is 5.24. The summed E-state index contributed by atoms with van der Waals surface area (Å²) in [5, 5.41) is 0.700. The van der Waals surface area contributed by atoms with Gasteiger partial charge in [0, 0.05) is 29.7 Å². The molecule has 0 aliphatic rings. The van der Waals surface area contributed by atoms with Crippen LogP contribution >= 0.6 is 11.6 Å². The molecular formula is C17H20ClFN2. The number of nitrogens with two attached hydrogens (primary N) is 1.